The third-order valence-electron chi connectivity index (χ3n) is 4.17. The van der Waals surface area contributed by atoms with Gasteiger partial charge in [0.05, 0.1) is 6.10 Å². The Morgan fingerprint density at radius 1 is 1.35 bits per heavy atom. The van der Waals surface area contributed by atoms with Gasteiger partial charge in [0.15, 0.2) is 0 Å². The molecule has 112 valence electrons. The summed E-state index contributed by atoms with van der Waals surface area (Å²) in [6.45, 7) is 7.29. The lowest BCUT2D eigenvalue weighted by atomic mass is 10.0. The Hall–Kier alpha value is -1.06. The monoisotopic (exact) mass is 276 g/mol. The number of hydrogen-bond acceptors (Lipinski definition) is 3. The van der Waals surface area contributed by atoms with Crippen molar-refractivity contribution in [2.24, 2.45) is 5.73 Å². The first-order valence-electron chi connectivity index (χ1n) is 7.94. The topological polar surface area (TPSA) is 38.5 Å². The first-order chi connectivity index (χ1) is 9.74. The zero-order valence-electron chi connectivity index (χ0n) is 12.8. The van der Waals surface area contributed by atoms with Crippen molar-refractivity contribution in [3.63, 3.8) is 0 Å². The number of benzene rings is 1. The van der Waals surface area contributed by atoms with Crippen LogP contribution in [0.2, 0.25) is 0 Å². The van der Waals surface area contributed by atoms with Crippen molar-refractivity contribution >= 4 is 5.69 Å². The third kappa shape index (κ3) is 3.97. The normalized spacial score (nSPS) is 20.1. The van der Waals surface area contributed by atoms with Crippen LogP contribution in [0.15, 0.2) is 24.3 Å². The second kappa shape index (κ2) is 7.65. The predicted octanol–water partition coefficient (Wildman–Crippen LogP) is 2.97. The van der Waals surface area contributed by atoms with Gasteiger partial charge >= 0.3 is 0 Å². The Morgan fingerprint density at radius 3 is 2.80 bits per heavy atom. The molecule has 1 heterocycles. The van der Waals surface area contributed by atoms with E-state index < -0.39 is 0 Å². The quantitative estimate of drug-likeness (QED) is 0.832. The van der Waals surface area contributed by atoms with E-state index in [0.29, 0.717) is 6.10 Å². The van der Waals surface area contributed by atoms with Gasteiger partial charge in [-0.05, 0) is 44.2 Å². The smallest absolute Gasteiger partial charge is 0.0750 e. The second-order valence-electron chi connectivity index (χ2n) is 5.67. The second-order valence-corrected chi connectivity index (χ2v) is 5.67. The molecular formula is C17H28N2O. The summed E-state index contributed by atoms with van der Waals surface area (Å²) in [5.41, 5.74) is 8.83. The molecule has 1 aliphatic rings. The van der Waals surface area contributed by atoms with E-state index in [1.807, 2.05) is 0 Å². The summed E-state index contributed by atoms with van der Waals surface area (Å²) in [5.74, 6) is 0. The fourth-order valence-electron chi connectivity index (χ4n) is 2.85. The molecule has 0 saturated carbocycles. The maximum absolute atomic E-state index is 6.14. The minimum absolute atomic E-state index is 0.248. The standard InChI is InChI=1S/C17H28N2O/c1-3-15(18)12-14-8-5-6-10-17(14)19(4-2)13-16-9-7-11-20-16/h5-6,8,10,15-16H,3-4,7,9,11-13,18H2,1-2H3. The molecule has 0 aromatic heterocycles. The highest BCUT2D eigenvalue weighted by atomic mass is 16.5. The third-order valence-corrected chi connectivity index (χ3v) is 4.17. The summed E-state index contributed by atoms with van der Waals surface area (Å²) in [6, 6.07) is 8.91. The fourth-order valence-corrected chi connectivity index (χ4v) is 2.85. The van der Waals surface area contributed by atoms with Gasteiger partial charge in [0.1, 0.15) is 0 Å². The van der Waals surface area contributed by atoms with E-state index in [0.717, 1.165) is 32.5 Å². The minimum Gasteiger partial charge on any atom is -0.376 e. The number of ether oxygens (including phenoxy) is 1. The lowest BCUT2D eigenvalue weighted by molar-refractivity contribution is 0.115. The highest BCUT2D eigenvalue weighted by molar-refractivity contribution is 5.54. The van der Waals surface area contributed by atoms with Crippen molar-refractivity contribution in [1.82, 2.24) is 0 Å². The van der Waals surface area contributed by atoms with Gasteiger partial charge < -0.3 is 15.4 Å². The Balaban J connectivity index is 2.11. The van der Waals surface area contributed by atoms with E-state index in [4.69, 9.17) is 10.5 Å². The number of nitrogens with two attached hydrogens (primary N) is 1. The summed E-state index contributed by atoms with van der Waals surface area (Å²) >= 11 is 0. The largest absolute Gasteiger partial charge is 0.376 e. The van der Waals surface area contributed by atoms with E-state index in [2.05, 4.69) is 43.0 Å². The molecule has 2 N–H and O–H groups in total. The van der Waals surface area contributed by atoms with Crippen LogP contribution in [-0.2, 0) is 11.2 Å². The molecule has 0 amide bonds. The molecule has 1 fully saturated rings. The van der Waals surface area contributed by atoms with E-state index in [9.17, 15) is 0 Å². The zero-order chi connectivity index (χ0) is 14.4. The van der Waals surface area contributed by atoms with Gasteiger partial charge in [-0.2, -0.15) is 0 Å². The number of nitrogens with zero attached hydrogens (tertiary/aromatic N) is 1. The van der Waals surface area contributed by atoms with E-state index in [1.54, 1.807) is 0 Å². The number of rotatable bonds is 7. The minimum atomic E-state index is 0.248. The predicted molar refractivity (Wildman–Crippen MR) is 85.3 cm³/mol. The van der Waals surface area contributed by atoms with Gasteiger partial charge in [0, 0.05) is 31.4 Å². The molecule has 1 aliphatic heterocycles. The Labute approximate surface area is 123 Å². The van der Waals surface area contributed by atoms with Crippen LogP contribution in [0.3, 0.4) is 0 Å². The Morgan fingerprint density at radius 2 is 2.15 bits per heavy atom. The van der Waals surface area contributed by atoms with Crippen LogP contribution in [0.4, 0.5) is 5.69 Å². The number of hydrogen-bond donors (Lipinski definition) is 1. The molecule has 2 unspecified atom stereocenters. The molecule has 20 heavy (non-hydrogen) atoms. The maximum atomic E-state index is 6.14. The summed E-state index contributed by atoms with van der Waals surface area (Å²) < 4.78 is 5.78. The zero-order valence-corrected chi connectivity index (χ0v) is 12.8. The van der Waals surface area contributed by atoms with E-state index >= 15 is 0 Å². The van der Waals surface area contributed by atoms with Crippen LogP contribution in [0.5, 0.6) is 0 Å². The van der Waals surface area contributed by atoms with Crippen LogP contribution < -0.4 is 10.6 Å². The first-order valence-corrected chi connectivity index (χ1v) is 7.94. The molecule has 2 atom stereocenters. The highest BCUT2D eigenvalue weighted by Gasteiger charge is 2.20. The molecule has 1 aromatic rings. The van der Waals surface area contributed by atoms with E-state index in [-0.39, 0.29) is 6.04 Å². The van der Waals surface area contributed by atoms with Crippen molar-refractivity contribution in [2.45, 2.75) is 51.7 Å². The molecule has 0 bridgehead atoms. The highest BCUT2D eigenvalue weighted by Crippen LogP contribution is 2.24. The number of para-hydroxylation sites is 1. The Kier molecular flexibility index (Phi) is 5.86. The molecule has 1 aromatic carbocycles. The average molecular weight is 276 g/mol. The van der Waals surface area contributed by atoms with Crippen molar-refractivity contribution in [3.8, 4) is 0 Å². The van der Waals surface area contributed by atoms with Crippen molar-refractivity contribution in [1.29, 1.82) is 0 Å². The van der Waals surface area contributed by atoms with Gasteiger partial charge in [0.25, 0.3) is 0 Å². The lowest BCUT2D eigenvalue weighted by Crippen LogP contribution is -2.33. The van der Waals surface area contributed by atoms with Crippen molar-refractivity contribution in [2.75, 3.05) is 24.6 Å². The maximum Gasteiger partial charge on any atom is 0.0750 e. The number of anilines is 1. The first kappa shape index (κ1) is 15.3. The van der Waals surface area contributed by atoms with Crippen LogP contribution in [0.25, 0.3) is 0 Å². The van der Waals surface area contributed by atoms with Gasteiger partial charge in [-0.15, -0.1) is 0 Å². The molecule has 1 saturated heterocycles. The summed E-state index contributed by atoms with van der Waals surface area (Å²) in [5, 5.41) is 0. The van der Waals surface area contributed by atoms with Gasteiger partial charge in [0.2, 0.25) is 0 Å². The van der Waals surface area contributed by atoms with Gasteiger partial charge in [-0.25, -0.2) is 0 Å². The molecule has 3 nitrogen and oxygen atoms in total. The Bertz CT molecular complexity index is 402. The lowest BCUT2D eigenvalue weighted by Gasteiger charge is -2.28. The van der Waals surface area contributed by atoms with Gasteiger partial charge in [-0.3, -0.25) is 0 Å². The molecular weight excluding hydrogens is 248 g/mol. The summed E-state index contributed by atoms with van der Waals surface area (Å²) in [6.07, 6.45) is 4.75. The van der Waals surface area contributed by atoms with Gasteiger partial charge in [-0.1, -0.05) is 25.1 Å². The fraction of sp³-hybridized carbons (Fsp3) is 0.647. The summed E-state index contributed by atoms with van der Waals surface area (Å²) in [4.78, 5) is 2.44. The van der Waals surface area contributed by atoms with Crippen LogP contribution in [-0.4, -0.2) is 31.8 Å². The van der Waals surface area contributed by atoms with E-state index in [1.165, 1.54) is 24.1 Å². The van der Waals surface area contributed by atoms with Crippen molar-refractivity contribution in [3.05, 3.63) is 29.8 Å². The van der Waals surface area contributed by atoms with Crippen LogP contribution in [0, 0.1) is 0 Å². The molecule has 0 aliphatic carbocycles. The summed E-state index contributed by atoms with van der Waals surface area (Å²) in [7, 11) is 0. The molecule has 3 heteroatoms. The van der Waals surface area contributed by atoms with Crippen LogP contribution >= 0.6 is 0 Å². The molecule has 0 spiro atoms. The average Bonchev–Trinajstić information content (AvgIpc) is 2.98. The van der Waals surface area contributed by atoms with Crippen LogP contribution in [0.1, 0.15) is 38.7 Å². The molecule has 2 rings (SSSR count). The van der Waals surface area contributed by atoms with Crippen molar-refractivity contribution < 1.29 is 4.74 Å². The SMILES string of the molecule is CCC(N)Cc1ccccc1N(CC)CC1CCCO1. The molecule has 0 radical (unpaired) electrons. The number of likely N-dealkylation sites (N-methyl/N-ethyl adjacent to an activating group) is 1.